The number of aryl methyl sites for hydroxylation is 1. The second kappa shape index (κ2) is 10.3. The molecule has 0 unspecified atom stereocenters. The molecule has 8 heteroatoms. The lowest BCUT2D eigenvalue weighted by molar-refractivity contribution is 0.103. The normalized spacial score (nSPS) is 10.4. The SMILES string of the molecule is CCNC(=O)Nc1cc(Br)ccc1Nc1ccc(C(=O)c2ccc(OC)cc2C)c(F)c1. The maximum Gasteiger partial charge on any atom is 0.319 e. The predicted molar refractivity (Wildman–Crippen MR) is 128 cm³/mol. The quantitative estimate of drug-likeness (QED) is 0.347. The average molecular weight is 500 g/mol. The molecule has 0 radical (unpaired) electrons. The van der Waals surface area contributed by atoms with Crippen LogP contribution in [0.4, 0.5) is 26.2 Å². The van der Waals surface area contributed by atoms with E-state index in [0.29, 0.717) is 40.5 Å². The number of hydrogen-bond donors (Lipinski definition) is 3. The largest absolute Gasteiger partial charge is 0.497 e. The standard InChI is InChI=1S/C24H23BrFN3O3/c1-4-27-24(31)29-22-12-15(25)5-10-21(22)28-16-6-8-19(20(26)13-16)23(30)18-9-7-17(32-3)11-14(18)2/h5-13,28H,4H2,1-3H3,(H2,27,29,31). The molecule has 0 heterocycles. The van der Waals surface area contributed by atoms with Crippen molar-refractivity contribution in [3.63, 3.8) is 0 Å². The van der Waals surface area contributed by atoms with Gasteiger partial charge in [-0.15, -0.1) is 0 Å². The number of carbonyl (C=O) groups is 2. The smallest absolute Gasteiger partial charge is 0.319 e. The minimum atomic E-state index is -0.648. The molecule has 3 N–H and O–H groups in total. The van der Waals surface area contributed by atoms with Gasteiger partial charge in [0.25, 0.3) is 0 Å². The first kappa shape index (κ1) is 23.3. The molecule has 0 aliphatic heterocycles. The summed E-state index contributed by atoms with van der Waals surface area (Å²) in [4.78, 5) is 24.8. The summed E-state index contributed by atoms with van der Waals surface area (Å²) in [6.45, 7) is 4.08. The molecule has 0 fully saturated rings. The van der Waals surface area contributed by atoms with Crippen LogP contribution in [0.5, 0.6) is 5.75 Å². The molecule has 0 saturated heterocycles. The molecule has 0 saturated carbocycles. The van der Waals surface area contributed by atoms with E-state index in [4.69, 9.17) is 4.74 Å². The molecule has 3 aromatic rings. The molecule has 2 amide bonds. The third-order valence-corrected chi connectivity index (χ3v) is 5.23. The number of ether oxygens (including phenoxy) is 1. The van der Waals surface area contributed by atoms with Crippen LogP contribution in [0.25, 0.3) is 0 Å². The van der Waals surface area contributed by atoms with Crippen LogP contribution in [0.1, 0.15) is 28.4 Å². The molecule has 0 aliphatic rings. The van der Waals surface area contributed by atoms with Crippen LogP contribution in [0.3, 0.4) is 0 Å². The third-order valence-electron chi connectivity index (χ3n) is 4.74. The van der Waals surface area contributed by atoms with Gasteiger partial charge in [-0.2, -0.15) is 0 Å². The maximum atomic E-state index is 14.9. The topological polar surface area (TPSA) is 79.5 Å². The van der Waals surface area contributed by atoms with E-state index in [1.807, 2.05) is 6.92 Å². The number of carbonyl (C=O) groups excluding carboxylic acids is 2. The molecule has 166 valence electrons. The lowest BCUT2D eigenvalue weighted by Crippen LogP contribution is -2.28. The highest BCUT2D eigenvalue weighted by Crippen LogP contribution is 2.30. The Hall–Kier alpha value is -3.39. The van der Waals surface area contributed by atoms with Gasteiger partial charge in [-0.25, -0.2) is 9.18 Å². The van der Waals surface area contributed by atoms with Gasteiger partial charge in [0, 0.05) is 22.3 Å². The minimum absolute atomic E-state index is 0.0275. The summed E-state index contributed by atoms with van der Waals surface area (Å²) in [5.41, 5.74) is 2.61. The van der Waals surface area contributed by atoms with Crippen molar-refractivity contribution >= 4 is 44.8 Å². The Balaban J connectivity index is 1.85. The van der Waals surface area contributed by atoms with Crippen molar-refractivity contribution in [3.8, 4) is 5.75 Å². The number of hydrogen-bond acceptors (Lipinski definition) is 4. The van der Waals surface area contributed by atoms with Gasteiger partial charge in [-0.3, -0.25) is 4.79 Å². The highest BCUT2D eigenvalue weighted by Gasteiger charge is 2.17. The zero-order valence-electron chi connectivity index (χ0n) is 17.9. The monoisotopic (exact) mass is 499 g/mol. The summed E-state index contributed by atoms with van der Waals surface area (Å²) in [6.07, 6.45) is 0. The first-order valence-electron chi connectivity index (χ1n) is 9.92. The maximum absolute atomic E-state index is 14.9. The summed E-state index contributed by atoms with van der Waals surface area (Å²) in [6, 6.07) is 14.3. The Morgan fingerprint density at radius 3 is 2.41 bits per heavy atom. The van der Waals surface area contributed by atoms with Gasteiger partial charge in [-0.05, 0) is 74.0 Å². The highest BCUT2D eigenvalue weighted by molar-refractivity contribution is 9.10. The van der Waals surface area contributed by atoms with Crippen LogP contribution >= 0.6 is 15.9 Å². The number of methoxy groups -OCH3 is 1. The molecular formula is C24H23BrFN3O3. The summed E-state index contributed by atoms with van der Waals surface area (Å²) < 4.78 is 20.8. The second-order valence-corrected chi connectivity index (χ2v) is 7.92. The molecule has 3 rings (SSSR count). The Bertz CT molecular complexity index is 1170. The van der Waals surface area contributed by atoms with E-state index < -0.39 is 11.6 Å². The Morgan fingerprint density at radius 2 is 1.75 bits per heavy atom. The van der Waals surface area contributed by atoms with E-state index in [0.717, 1.165) is 4.47 Å². The van der Waals surface area contributed by atoms with Crippen molar-refractivity contribution in [1.29, 1.82) is 0 Å². The number of urea groups is 1. The van der Waals surface area contributed by atoms with Gasteiger partial charge < -0.3 is 20.7 Å². The number of halogens is 2. The minimum Gasteiger partial charge on any atom is -0.497 e. The zero-order chi connectivity index (χ0) is 23.3. The van der Waals surface area contributed by atoms with Crippen LogP contribution in [-0.4, -0.2) is 25.5 Å². The van der Waals surface area contributed by atoms with Crippen molar-refractivity contribution in [2.45, 2.75) is 13.8 Å². The summed E-state index contributed by atoms with van der Waals surface area (Å²) in [5.74, 6) is -0.424. The van der Waals surface area contributed by atoms with E-state index in [2.05, 4.69) is 31.9 Å². The van der Waals surface area contributed by atoms with E-state index in [-0.39, 0.29) is 11.6 Å². The molecule has 6 nitrogen and oxygen atoms in total. The Morgan fingerprint density at radius 1 is 1.00 bits per heavy atom. The average Bonchev–Trinajstić information content (AvgIpc) is 2.75. The predicted octanol–water partition coefficient (Wildman–Crippen LogP) is 6.02. The van der Waals surface area contributed by atoms with Gasteiger partial charge in [0.15, 0.2) is 5.78 Å². The molecule has 0 spiro atoms. The van der Waals surface area contributed by atoms with Crippen molar-refractivity contribution in [2.75, 3.05) is 24.3 Å². The van der Waals surface area contributed by atoms with E-state index in [1.165, 1.54) is 12.1 Å². The molecule has 0 aliphatic carbocycles. The molecule has 3 aromatic carbocycles. The molecule has 0 bridgehead atoms. The lowest BCUT2D eigenvalue weighted by atomic mass is 9.98. The fraction of sp³-hybridized carbons (Fsp3) is 0.167. The summed E-state index contributed by atoms with van der Waals surface area (Å²) >= 11 is 3.38. The van der Waals surface area contributed by atoms with Crippen molar-refractivity contribution < 1.29 is 18.7 Å². The number of benzene rings is 3. The van der Waals surface area contributed by atoms with Crippen LogP contribution in [0, 0.1) is 12.7 Å². The molecule has 0 atom stereocenters. The third kappa shape index (κ3) is 5.45. The summed E-state index contributed by atoms with van der Waals surface area (Å²) in [5, 5.41) is 8.50. The van der Waals surface area contributed by atoms with Crippen LogP contribution in [0.15, 0.2) is 59.1 Å². The van der Waals surface area contributed by atoms with Gasteiger partial charge >= 0.3 is 6.03 Å². The van der Waals surface area contributed by atoms with E-state index >= 15 is 0 Å². The zero-order valence-corrected chi connectivity index (χ0v) is 19.5. The van der Waals surface area contributed by atoms with Gasteiger partial charge in [0.05, 0.1) is 24.0 Å². The van der Waals surface area contributed by atoms with Crippen LogP contribution < -0.4 is 20.7 Å². The van der Waals surface area contributed by atoms with Crippen molar-refractivity contribution in [1.82, 2.24) is 5.32 Å². The second-order valence-electron chi connectivity index (χ2n) is 7.00. The summed E-state index contributed by atoms with van der Waals surface area (Å²) in [7, 11) is 1.55. The number of anilines is 3. The van der Waals surface area contributed by atoms with Gasteiger partial charge in [0.1, 0.15) is 11.6 Å². The highest BCUT2D eigenvalue weighted by atomic mass is 79.9. The Labute approximate surface area is 194 Å². The van der Waals surface area contributed by atoms with Crippen LogP contribution in [-0.2, 0) is 0 Å². The van der Waals surface area contributed by atoms with E-state index in [1.54, 1.807) is 56.5 Å². The number of rotatable bonds is 7. The van der Waals surface area contributed by atoms with Crippen LogP contribution in [0.2, 0.25) is 0 Å². The Kier molecular flexibility index (Phi) is 7.48. The van der Waals surface area contributed by atoms with Gasteiger partial charge in [0.2, 0.25) is 0 Å². The van der Waals surface area contributed by atoms with Crippen molar-refractivity contribution in [2.24, 2.45) is 0 Å². The number of ketones is 1. The first-order chi connectivity index (χ1) is 15.3. The lowest BCUT2D eigenvalue weighted by Gasteiger charge is -2.15. The van der Waals surface area contributed by atoms with Gasteiger partial charge in [-0.1, -0.05) is 15.9 Å². The van der Waals surface area contributed by atoms with E-state index in [9.17, 15) is 14.0 Å². The fourth-order valence-corrected chi connectivity index (χ4v) is 3.51. The number of amides is 2. The first-order valence-corrected chi connectivity index (χ1v) is 10.7. The number of nitrogens with one attached hydrogen (secondary N) is 3. The molecule has 32 heavy (non-hydrogen) atoms. The molecular weight excluding hydrogens is 477 g/mol. The fourth-order valence-electron chi connectivity index (χ4n) is 3.15. The molecule has 0 aromatic heterocycles. The van der Waals surface area contributed by atoms with Crippen molar-refractivity contribution in [3.05, 3.63) is 81.6 Å².